The van der Waals surface area contributed by atoms with Gasteiger partial charge >= 0.3 is 12.0 Å². The number of carbonyl (C=O) groups excluding carboxylic acids is 3. The number of methoxy groups -OCH3 is 1. The molecule has 0 aliphatic heterocycles. The summed E-state index contributed by atoms with van der Waals surface area (Å²) in [5.74, 6) is 0.450. The molecule has 0 unspecified atom stereocenters. The first-order valence-electron chi connectivity index (χ1n) is 9.58. The molecule has 2 amide bonds. The van der Waals surface area contributed by atoms with Gasteiger partial charge in [0.15, 0.2) is 5.78 Å². The monoisotopic (exact) mass is 473 g/mol. The van der Waals surface area contributed by atoms with E-state index in [4.69, 9.17) is 16.3 Å². The van der Waals surface area contributed by atoms with Gasteiger partial charge in [-0.25, -0.2) is 9.59 Å². The van der Waals surface area contributed by atoms with Crippen LogP contribution in [0.3, 0.4) is 0 Å². The van der Waals surface area contributed by atoms with Crippen molar-refractivity contribution in [3.8, 4) is 11.5 Å². The molecule has 0 bridgehead atoms. The lowest BCUT2D eigenvalue weighted by Crippen LogP contribution is -2.28. The van der Waals surface area contributed by atoms with Gasteiger partial charge < -0.3 is 14.8 Å². The van der Waals surface area contributed by atoms with E-state index in [-0.39, 0.29) is 17.9 Å². The van der Waals surface area contributed by atoms with Crippen LogP contribution in [0.2, 0.25) is 4.34 Å². The quantitative estimate of drug-likeness (QED) is 0.340. The SMILES string of the molecule is CCC(=O)c1cc(Oc2ccc(CNC(=O)Nc3sc(Cl)cc3C(=O)OC)cc2)ccn1. The van der Waals surface area contributed by atoms with Crippen molar-refractivity contribution >= 4 is 45.7 Å². The fraction of sp³-hybridized carbons (Fsp3) is 0.182. The average molecular weight is 474 g/mol. The molecule has 2 aromatic heterocycles. The fourth-order valence-electron chi connectivity index (χ4n) is 2.66. The molecule has 0 saturated heterocycles. The Morgan fingerprint density at radius 2 is 1.84 bits per heavy atom. The van der Waals surface area contributed by atoms with Crippen LogP contribution in [-0.2, 0) is 11.3 Å². The number of ether oxygens (including phenoxy) is 2. The summed E-state index contributed by atoms with van der Waals surface area (Å²) < 4.78 is 10.8. The number of amides is 2. The van der Waals surface area contributed by atoms with Crippen LogP contribution in [0.1, 0.15) is 39.8 Å². The van der Waals surface area contributed by atoms with E-state index in [1.165, 1.54) is 19.4 Å². The zero-order valence-corrected chi connectivity index (χ0v) is 18.9. The number of pyridine rings is 1. The molecule has 3 rings (SSSR count). The molecule has 0 aliphatic carbocycles. The van der Waals surface area contributed by atoms with Crippen LogP contribution in [0.25, 0.3) is 0 Å². The first kappa shape index (κ1) is 23.2. The second-order valence-electron chi connectivity index (χ2n) is 6.49. The van der Waals surface area contributed by atoms with Crippen molar-refractivity contribution < 1.29 is 23.9 Å². The van der Waals surface area contributed by atoms with E-state index in [9.17, 15) is 14.4 Å². The number of halogens is 1. The minimum Gasteiger partial charge on any atom is -0.465 e. The van der Waals surface area contributed by atoms with Crippen LogP contribution >= 0.6 is 22.9 Å². The first-order valence-corrected chi connectivity index (χ1v) is 10.8. The Labute approximate surface area is 193 Å². The number of benzene rings is 1. The maximum absolute atomic E-state index is 12.2. The van der Waals surface area contributed by atoms with Gasteiger partial charge in [-0.05, 0) is 29.8 Å². The summed E-state index contributed by atoms with van der Waals surface area (Å²) in [5.41, 5.74) is 1.39. The second-order valence-corrected chi connectivity index (χ2v) is 8.18. The summed E-state index contributed by atoms with van der Waals surface area (Å²) in [5, 5.41) is 5.62. The zero-order chi connectivity index (χ0) is 23.1. The van der Waals surface area contributed by atoms with Gasteiger partial charge in [0.05, 0.1) is 17.0 Å². The van der Waals surface area contributed by atoms with E-state index in [2.05, 4.69) is 20.4 Å². The van der Waals surface area contributed by atoms with Crippen molar-refractivity contribution in [2.75, 3.05) is 12.4 Å². The molecule has 3 aromatic rings. The van der Waals surface area contributed by atoms with Crippen LogP contribution < -0.4 is 15.4 Å². The van der Waals surface area contributed by atoms with Gasteiger partial charge in [0.2, 0.25) is 0 Å². The second kappa shape index (κ2) is 10.7. The van der Waals surface area contributed by atoms with Crippen molar-refractivity contribution in [1.29, 1.82) is 0 Å². The third-order valence-corrected chi connectivity index (χ3v) is 5.46. The maximum Gasteiger partial charge on any atom is 0.340 e. The number of Topliss-reactive ketones (excluding diaryl/α,β-unsaturated/α-hetero) is 1. The molecule has 2 heterocycles. The molecule has 166 valence electrons. The Balaban J connectivity index is 1.56. The molecule has 2 N–H and O–H groups in total. The molecule has 0 radical (unpaired) electrons. The summed E-state index contributed by atoms with van der Waals surface area (Å²) in [7, 11) is 1.25. The summed E-state index contributed by atoms with van der Waals surface area (Å²) in [6.45, 7) is 2.03. The topological polar surface area (TPSA) is 107 Å². The number of carbonyl (C=O) groups is 3. The Kier molecular flexibility index (Phi) is 7.80. The predicted octanol–water partition coefficient (Wildman–Crippen LogP) is 5.29. The standard InChI is InChI=1S/C22H20ClN3O5S/c1-3-18(27)17-10-15(8-9-24-17)31-14-6-4-13(5-7-14)12-25-22(29)26-20-16(21(28)30-2)11-19(23)32-20/h4-11H,3,12H2,1-2H3,(H2,25,26,29). The zero-order valence-electron chi connectivity index (χ0n) is 17.3. The van der Waals surface area contributed by atoms with Crippen molar-refractivity contribution in [1.82, 2.24) is 10.3 Å². The highest BCUT2D eigenvalue weighted by Crippen LogP contribution is 2.32. The number of hydrogen-bond acceptors (Lipinski definition) is 7. The van der Waals surface area contributed by atoms with E-state index >= 15 is 0 Å². The molecule has 0 spiro atoms. The number of urea groups is 1. The number of nitrogens with one attached hydrogen (secondary N) is 2. The lowest BCUT2D eigenvalue weighted by Gasteiger charge is -2.09. The van der Waals surface area contributed by atoms with Gasteiger partial charge in [0.25, 0.3) is 0 Å². The van der Waals surface area contributed by atoms with Crippen molar-refractivity contribution in [3.05, 3.63) is 69.8 Å². The third kappa shape index (κ3) is 6.05. The van der Waals surface area contributed by atoms with E-state index in [0.717, 1.165) is 16.9 Å². The normalized spacial score (nSPS) is 10.3. The molecular weight excluding hydrogens is 454 g/mol. The lowest BCUT2D eigenvalue weighted by atomic mass is 10.2. The number of anilines is 1. The predicted molar refractivity (Wildman–Crippen MR) is 122 cm³/mol. The molecule has 32 heavy (non-hydrogen) atoms. The Morgan fingerprint density at radius 1 is 1.09 bits per heavy atom. The van der Waals surface area contributed by atoms with Crippen LogP contribution in [-0.4, -0.2) is 29.9 Å². The van der Waals surface area contributed by atoms with Crippen molar-refractivity contribution in [2.45, 2.75) is 19.9 Å². The van der Waals surface area contributed by atoms with Gasteiger partial charge in [-0.1, -0.05) is 30.7 Å². The number of rotatable bonds is 8. The highest BCUT2D eigenvalue weighted by Gasteiger charge is 2.18. The van der Waals surface area contributed by atoms with Gasteiger partial charge in [-0.2, -0.15) is 0 Å². The third-order valence-electron chi connectivity index (χ3n) is 4.28. The molecular formula is C22H20ClN3O5S. The first-order chi connectivity index (χ1) is 15.4. The Hall–Kier alpha value is -3.43. The van der Waals surface area contributed by atoms with Crippen LogP contribution in [0, 0.1) is 0 Å². The van der Waals surface area contributed by atoms with E-state index < -0.39 is 12.0 Å². The molecule has 1 aromatic carbocycles. The van der Waals surface area contributed by atoms with Gasteiger partial charge in [0, 0.05) is 25.2 Å². The minimum atomic E-state index is -0.584. The smallest absolute Gasteiger partial charge is 0.340 e. The van der Waals surface area contributed by atoms with Gasteiger partial charge in [-0.15, -0.1) is 11.3 Å². The van der Waals surface area contributed by atoms with Crippen LogP contribution in [0.15, 0.2) is 48.7 Å². The van der Waals surface area contributed by atoms with Gasteiger partial charge in [-0.3, -0.25) is 15.1 Å². The van der Waals surface area contributed by atoms with Crippen molar-refractivity contribution in [2.24, 2.45) is 0 Å². The summed E-state index contributed by atoms with van der Waals surface area (Å²) in [6, 6.07) is 11.3. The molecule has 8 nitrogen and oxygen atoms in total. The molecule has 0 fully saturated rings. The number of aromatic nitrogens is 1. The summed E-state index contributed by atoms with van der Waals surface area (Å²) in [4.78, 5) is 39.8. The number of thiophene rings is 1. The molecule has 10 heteroatoms. The Bertz CT molecular complexity index is 1130. The Morgan fingerprint density at radius 3 is 2.53 bits per heavy atom. The minimum absolute atomic E-state index is 0.0568. The van der Waals surface area contributed by atoms with Crippen molar-refractivity contribution in [3.63, 3.8) is 0 Å². The van der Waals surface area contributed by atoms with Crippen LogP contribution in [0.4, 0.5) is 9.80 Å². The number of esters is 1. The molecule has 0 aliphatic rings. The van der Waals surface area contributed by atoms with E-state index in [0.29, 0.717) is 33.0 Å². The van der Waals surface area contributed by atoms with E-state index in [1.807, 2.05) is 0 Å². The average Bonchev–Trinajstić information content (AvgIpc) is 3.17. The molecule has 0 atom stereocenters. The fourth-order valence-corrected chi connectivity index (χ4v) is 3.77. The number of ketones is 1. The largest absolute Gasteiger partial charge is 0.465 e. The number of hydrogen-bond donors (Lipinski definition) is 2. The maximum atomic E-state index is 12.2. The van der Waals surface area contributed by atoms with Crippen LogP contribution in [0.5, 0.6) is 11.5 Å². The number of nitrogens with zero attached hydrogens (tertiary/aromatic N) is 1. The van der Waals surface area contributed by atoms with Gasteiger partial charge in [0.1, 0.15) is 22.2 Å². The highest BCUT2D eigenvalue weighted by molar-refractivity contribution is 7.20. The van der Waals surface area contributed by atoms with E-state index in [1.54, 1.807) is 43.3 Å². The summed E-state index contributed by atoms with van der Waals surface area (Å²) in [6.07, 6.45) is 1.90. The molecule has 0 saturated carbocycles. The summed E-state index contributed by atoms with van der Waals surface area (Å²) >= 11 is 7.00. The lowest BCUT2D eigenvalue weighted by molar-refractivity contribution is 0.0602. The highest BCUT2D eigenvalue weighted by atomic mass is 35.5.